The van der Waals surface area contributed by atoms with Crippen LogP contribution in [0.1, 0.15) is 16.4 Å². The lowest BCUT2D eigenvalue weighted by Crippen LogP contribution is -2.14. The van der Waals surface area contributed by atoms with Crippen LogP contribution in [0, 0.1) is 0 Å². The Labute approximate surface area is 119 Å². The van der Waals surface area contributed by atoms with Crippen molar-refractivity contribution in [1.29, 1.82) is 0 Å². The number of benzene rings is 1. The van der Waals surface area contributed by atoms with Crippen LogP contribution in [-0.2, 0) is 6.42 Å². The lowest BCUT2D eigenvalue weighted by atomic mass is 9.95. The summed E-state index contributed by atoms with van der Waals surface area (Å²) in [4.78, 5) is 1.35. The first-order valence-electron chi connectivity index (χ1n) is 5.39. The second kappa shape index (κ2) is 6.01. The van der Waals surface area contributed by atoms with E-state index in [4.69, 9.17) is 17.3 Å². The van der Waals surface area contributed by atoms with E-state index < -0.39 is 0 Å². The van der Waals surface area contributed by atoms with Crippen molar-refractivity contribution in [2.45, 2.75) is 12.3 Å². The number of nitrogens with two attached hydrogens (primary N) is 1. The van der Waals surface area contributed by atoms with Gasteiger partial charge in [-0.05, 0) is 58.7 Å². The molecule has 17 heavy (non-hydrogen) atoms. The Kier molecular flexibility index (Phi) is 4.62. The van der Waals surface area contributed by atoms with Crippen LogP contribution in [0.25, 0.3) is 0 Å². The number of hydrogen-bond donors (Lipinski definition) is 1. The molecule has 1 aromatic heterocycles. The van der Waals surface area contributed by atoms with Gasteiger partial charge in [-0.3, -0.25) is 0 Å². The van der Waals surface area contributed by atoms with E-state index in [1.807, 2.05) is 12.1 Å². The fraction of sp³-hybridized carbons (Fsp3) is 0.231. The van der Waals surface area contributed by atoms with E-state index in [2.05, 4.69) is 40.2 Å². The Bertz CT molecular complexity index is 480. The van der Waals surface area contributed by atoms with Crippen LogP contribution < -0.4 is 5.73 Å². The molecule has 0 amide bonds. The molecule has 1 atom stereocenters. The van der Waals surface area contributed by atoms with Gasteiger partial charge in [0.15, 0.2) is 0 Å². The van der Waals surface area contributed by atoms with Crippen LogP contribution >= 0.6 is 38.9 Å². The van der Waals surface area contributed by atoms with Gasteiger partial charge < -0.3 is 5.73 Å². The van der Waals surface area contributed by atoms with Crippen molar-refractivity contribution in [2.75, 3.05) is 6.54 Å². The van der Waals surface area contributed by atoms with Crippen LogP contribution in [0.4, 0.5) is 0 Å². The van der Waals surface area contributed by atoms with Crippen molar-refractivity contribution >= 4 is 38.9 Å². The Morgan fingerprint density at radius 2 is 1.88 bits per heavy atom. The van der Waals surface area contributed by atoms with E-state index in [1.54, 1.807) is 11.3 Å². The summed E-state index contributed by atoms with van der Waals surface area (Å²) in [6.07, 6.45) is 0.981. The molecule has 0 saturated carbocycles. The minimum absolute atomic E-state index is 0.359. The standard InChI is InChI=1S/C13H13BrClNS/c14-13-6-5-12(17-13)7-10(8-16)9-1-3-11(15)4-2-9/h1-6,10H,7-8,16H2. The Balaban J connectivity index is 2.13. The molecule has 1 aromatic carbocycles. The van der Waals surface area contributed by atoms with E-state index in [0.29, 0.717) is 12.5 Å². The molecular weight excluding hydrogens is 318 g/mol. The fourth-order valence-electron chi connectivity index (χ4n) is 1.78. The molecule has 1 heterocycles. The van der Waals surface area contributed by atoms with Crippen molar-refractivity contribution in [3.63, 3.8) is 0 Å². The van der Waals surface area contributed by atoms with Crippen molar-refractivity contribution in [3.05, 3.63) is 55.6 Å². The van der Waals surface area contributed by atoms with Crippen molar-refractivity contribution in [3.8, 4) is 0 Å². The van der Waals surface area contributed by atoms with Gasteiger partial charge in [0.05, 0.1) is 3.79 Å². The smallest absolute Gasteiger partial charge is 0.0701 e. The van der Waals surface area contributed by atoms with Crippen LogP contribution in [0.15, 0.2) is 40.2 Å². The van der Waals surface area contributed by atoms with Gasteiger partial charge in [0.1, 0.15) is 0 Å². The maximum atomic E-state index is 5.89. The molecular formula is C13H13BrClNS. The summed E-state index contributed by atoms with van der Waals surface area (Å²) in [5, 5.41) is 0.767. The average molecular weight is 331 g/mol. The molecule has 2 N–H and O–H groups in total. The predicted molar refractivity (Wildman–Crippen MR) is 79.0 cm³/mol. The predicted octanol–water partition coefficient (Wildman–Crippen LogP) is 4.45. The number of rotatable bonds is 4. The maximum Gasteiger partial charge on any atom is 0.0701 e. The molecule has 2 rings (SSSR count). The molecule has 0 aliphatic heterocycles. The van der Waals surface area contributed by atoms with Gasteiger partial charge in [-0.1, -0.05) is 23.7 Å². The van der Waals surface area contributed by atoms with Crippen molar-refractivity contribution < 1.29 is 0 Å². The lowest BCUT2D eigenvalue weighted by Gasteiger charge is -2.14. The summed E-state index contributed by atoms with van der Waals surface area (Å²) in [7, 11) is 0. The molecule has 2 aromatic rings. The van der Waals surface area contributed by atoms with Gasteiger partial charge in [0.25, 0.3) is 0 Å². The van der Waals surface area contributed by atoms with Crippen LogP contribution in [0.5, 0.6) is 0 Å². The molecule has 0 saturated heterocycles. The monoisotopic (exact) mass is 329 g/mol. The molecule has 4 heteroatoms. The highest BCUT2D eigenvalue weighted by atomic mass is 79.9. The average Bonchev–Trinajstić information content (AvgIpc) is 2.73. The second-order valence-corrected chi connectivity index (χ2v) is 6.88. The minimum atomic E-state index is 0.359. The third-order valence-corrected chi connectivity index (χ3v) is 4.60. The summed E-state index contributed by atoms with van der Waals surface area (Å²) in [6, 6.07) is 12.2. The van der Waals surface area contributed by atoms with E-state index in [-0.39, 0.29) is 0 Å². The van der Waals surface area contributed by atoms with Gasteiger partial charge in [-0.25, -0.2) is 0 Å². The van der Waals surface area contributed by atoms with Gasteiger partial charge in [0.2, 0.25) is 0 Å². The van der Waals surface area contributed by atoms with Crippen LogP contribution in [-0.4, -0.2) is 6.54 Å². The quantitative estimate of drug-likeness (QED) is 0.880. The van der Waals surface area contributed by atoms with Crippen molar-refractivity contribution in [1.82, 2.24) is 0 Å². The minimum Gasteiger partial charge on any atom is -0.330 e. The van der Waals surface area contributed by atoms with Gasteiger partial charge >= 0.3 is 0 Å². The second-order valence-electron chi connectivity index (χ2n) is 3.89. The number of thiophene rings is 1. The molecule has 1 nitrogen and oxygen atoms in total. The molecule has 90 valence electrons. The molecule has 0 aliphatic carbocycles. The summed E-state index contributed by atoms with van der Waals surface area (Å²) in [6.45, 7) is 0.650. The zero-order valence-electron chi connectivity index (χ0n) is 9.20. The van der Waals surface area contributed by atoms with Gasteiger partial charge in [-0.2, -0.15) is 0 Å². The maximum absolute atomic E-state index is 5.89. The summed E-state index contributed by atoms with van der Waals surface area (Å²) >= 11 is 11.1. The molecule has 0 fully saturated rings. The molecule has 0 spiro atoms. The third kappa shape index (κ3) is 3.55. The van der Waals surface area contributed by atoms with E-state index in [1.165, 1.54) is 14.2 Å². The molecule has 0 radical (unpaired) electrons. The van der Waals surface area contributed by atoms with E-state index in [0.717, 1.165) is 11.4 Å². The van der Waals surface area contributed by atoms with Crippen molar-refractivity contribution in [2.24, 2.45) is 5.73 Å². The first kappa shape index (κ1) is 13.1. The molecule has 1 unspecified atom stereocenters. The highest BCUT2D eigenvalue weighted by Crippen LogP contribution is 2.28. The first-order chi connectivity index (χ1) is 8.19. The third-order valence-electron chi connectivity index (χ3n) is 2.70. The summed E-state index contributed by atoms with van der Waals surface area (Å²) in [5.74, 6) is 0.359. The van der Waals surface area contributed by atoms with E-state index in [9.17, 15) is 0 Å². The van der Waals surface area contributed by atoms with Gasteiger partial charge in [-0.15, -0.1) is 11.3 Å². The zero-order valence-corrected chi connectivity index (χ0v) is 12.4. The first-order valence-corrected chi connectivity index (χ1v) is 7.37. The summed E-state index contributed by atoms with van der Waals surface area (Å²) in [5.41, 5.74) is 7.11. The molecule has 0 bridgehead atoms. The Morgan fingerprint density at radius 3 is 2.41 bits per heavy atom. The van der Waals surface area contributed by atoms with E-state index >= 15 is 0 Å². The molecule has 0 aliphatic rings. The fourth-order valence-corrected chi connectivity index (χ4v) is 3.47. The highest BCUT2D eigenvalue weighted by Gasteiger charge is 2.11. The lowest BCUT2D eigenvalue weighted by molar-refractivity contribution is 0.701. The Hall–Kier alpha value is -0.350. The van der Waals surface area contributed by atoms with Crippen LogP contribution in [0.3, 0.4) is 0 Å². The Morgan fingerprint density at radius 1 is 1.18 bits per heavy atom. The largest absolute Gasteiger partial charge is 0.330 e. The number of halogens is 2. The summed E-state index contributed by atoms with van der Waals surface area (Å²) < 4.78 is 1.17. The topological polar surface area (TPSA) is 26.0 Å². The van der Waals surface area contributed by atoms with Gasteiger partial charge in [0, 0.05) is 15.8 Å². The zero-order chi connectivity index (χ0) is 12.3. The van der Waals surface area contributed by atoms with Crippen LogP contribution in [0.2, 0.25) is 5.02 Å². The highest BCUT2D eigenvalue weighted by molar-refractivity contribution is 9.11. The number of hydrogen-bond acceptors (Lipinski definition) is 2. The normalized spacial score (nSPS) is 12.6. The SMILES string of the molecule is NCC(Cc1ccc(Br)s1)c1ccc(Cl)cc1.